The molecule has 0 aromatic heterocycles. The highest BCUT2D eigenvalue weighted by Crippen LogP contribution is 2.26. The van der Waals surface area contributed by atoms with Crippen LogP contribution in [0.15, 0.2) is 24.3 Å². The van der Waals surface area contributed by atoms with Crippen molar-refractivity contribution >= 4 is 11.9 Å². The van der Waals surface area contributed by atoms with Gasteiger partial charge in [0, 0.05) is 6.54 Å². The van der Waals surface area contributed by atoms with Gasteiger partial charge in [-0.1, -0.05) is 12.1 Å². The van der Waals surface area contributed by atoms with Gasteiger partial charge in [-0.3, -0.25) is 4.79 Å². The number of carboxylic acid groups (broad SMARTS) is 1. The number of amides is 1. The number of piperidine rings is 1. The van der Waals surface area contributed by atoms with E-state index >= 15 is 0 Å². The lowest BCUT2D eigenvalue weighted by Gasteiger charge is -2.32. The van der Waals surface area contributed by atoms with Gasteiger partial charge in [0.15, 0.2) is 18.1 Å². The van der Waals surface area contributed by atoms with Crippen molar-refractivity contribution in [1.82, 2.24) is 4.90 Å². The Hall–Kier alpha value is -2.24. The van der Waals surface area contributed by atoms with Gasteiger partial charge in [-0.25, -0.2) is 4.79 Å². The first-order valence-corrected chi connectivity index (χ1v) is 7.50. The van der Waals surface area contributed by atoms with Gasteiger partial charge in [0.2, 0.25) is 0 Å². The number of nitrogens with zero attached hydrogens (tertiary/aromatic N) is 1. The quantitative estimate of drug-likeness (QED) is 0.869. The molecule has 1 fully saturated rings. The van der Waals surface area contributed by atoms with Crippen LogP contribution in [0.5, 0.6) is 11.5 Å². The van der Waals surface area contributed by atoms with Crippen LogP contribution in [0.2, 0.25) is 0 Å². The summed E-state index contributed by atoms with van der Waals surface area (Å²) in [5.74, 6) is -0.200. The SMILES string of the molecule is CCOc1ccccc1OCC(=O)N1CCCC[C@H]1C(=O)O. The molecule has 2 rings (SSSR count). The summed E-state index contributed by atoms with van der Waals surface area (Å²) >= 11 is 0. The van der Waals surface area contributed by atoms with Crippen LogP contribution in [0.25, 0.3) is 0 Å². The van der Waals surface area contributed by atoms with E-state index in [9.17, 15) is 14.7 Å². The third-order valence-corrected chi connectivity index (χ3v) is 3.61. The summed E-state index contributed by atoms with van der Waals surface area (Å²) in [5, 5.41) is 9.20. The number of carbonyl (C=O) groups is 2. The molecule has 6 nitrogen and oxygen atoms in total. The molecule has 1 amide bonds. The highest BCUT2D eigenvalue weighted by Gasteiger charge is 2.32. The number of benzene rings is 1. The normalized spacial score (nSPS) is 17.9. The van der Waals surface area contributed by atoms with E-state index in [0.29, 0.717) is 31.1 Å². The summed E-state index contributed by atoms with van der Waals surface area (Å²) in [6.07, 6.45) is 2.15. The van der Waals surface area contributed by atoms with Crippen LogP contribution in [0.1, 0.15) is 26.2 Å². The Labute approximate surface area is 129 Å². The average Bonchev–Trinajstić information content (AvgIpc) is 2.54. The smallest absolute Gasteiger partial charge is 0.326 e. The van der Waals surface area contributed by atoms with Gasteiger partial charge in [-0.15, -0.1) is 0 Å². The van der Waals surface area contributed by atoms with Crippen molar-refractivity contribution < 1.29 is 24.2 Å². The Balaban J connectivity index is 1.98. The molecule has 1 aromatic rings. The van der Waals surface area contributed by atoms with Crippen LogP contribution >= 0.6 is 0 Å². The Morgan fingerprint density at radius 2 is 1.91 bits per heavy atom. The number of para-hydroxylation sites is 2. The van der Waals surface area contributed by atoms with Crippen LogP contribution in [0, 0.1) is 0 Å². The molecule has 0 bridgehead atoms. The van der Waals surface area contributed by atoms with Crippen molar-refractivity contribution in [3.63, 3.8) is 0 Å². The first-order valence-electron chi connectivity index (χ1n) is 7.50. The lowest BCUT2D eigenvalue weighted by atomic mass is 10.0. The lowest BCUT2D eigenvalue weighted by Crippen LogP contribution is -2.49. The predicted octanol–water partition coefficient (Wildman–Crippen LogP) is 1.93. The Morgan fingerprint density at radius 1 is 1.23 bits per heavy atom. The first-order chi connectivity index (χ1) is 10.6. The highest BCUT2D eigenvalue weighted by atomic mass is 16.5. The molecular formula is C16H21NO5. The van der Waals surface area contributed by atoms with Gasteiger partial charge in [0.1, 0.15) is 6.04 Å². The molecule has 1 aromatic carbocycles. The van der Waals surface area contributed by atoms with Crippen LogP contribution in [-0.4, -0.2) is 47.7 Å². The first kappa shape index (κ1) is 16.1. The van der Waals surface area contributed by atoms with Gasteiger partial charge < -0.3 is 19.5 Å². The van der Waals surface area contributed by atoms with E-state index in [1.807, 2.05) is 13.0 Å². The van der Waals surface area contributed by atoms with E-state index in [4.69, 9.17) is 9.47 Å². The Kier molecular flexibility index (Phi) is 5.63. The second-order valence-corrected chi connectivity index (χ2v) is 5.11. The van der Waals surface area contributed by atoms with Crippen LogP contribution < -0.4 is 9.47 Å². The zero-order valence-corrected chi connectivity index (χ0v) is 12.7. The minimum Gasteiger partial charge on any atom is -0.490 e. The Morgan fingerprint density at radius 3 is 2.55 bits per heavy atom. The molecule has 1 saturated heterocycles. The molecule has 0 aliphatic carbocycles. The van der Waals surface area contributed by atoms with Gasteiger partial charge in [0.05, 0.1) is 6.61 Å². The summed E-state index contributed by atoms with van der Waals surface area (Å²) in [4.78, 5) is 24.9. The molecule has 1 heterocycles. The van der Waals surface area contributed by atoms with E-state index < -0.39 is 12.0 Å². The predicted molar refractivity (Wildman–Crippen MR) is 80.1 cm³/mol. The third kappa shape index (κ3) is 3.90. The van der Waals surface area contributed by atoms with Crippen LogP contribution in [-0.2, 0) is 9.59 Å². The molecular weight excluding hydrogens is 286 g/mol. The molecule has 6 heteroatoms. The average molecular weight is 307 g/mol. The zero-order valence-electron chi connectivity index (χ0n) is 12.7. The van der Waals surface area contributed by atoms with E-state index in [1.54, 1.807) is 18.2 Å². The van der Waals surface area contributed by atoms with E-state index in [0.717, 1.165) is 12.8 Å². The van der Waals surface area contributed by atoms with Gasteiger partial charge in [0.25, 0.3) is 5.91 Å². The Bertz CT molecular complexity index is 531. The number of hydrogen-bond acceptors (Lipinski definition) is 4. The summed E-state index contributed by atoms with van der Waals surface area (Å²) in [6, 6.07) is 6.37. The summed E-state index contributed by atoms with van der Waals surface area (Å²) in [5.41, 5.74) is 0. The number of hydrogen-bond donors (Lipinski definition) is 1. The zero-order chi connectivity index (χ0) is 15.9. The fraction of sp³-hybridized carbons (Fsp3) is 0.500. The maximum absolute atomic E-state index is 12.3. The van der Waals surface area contributed by atoms with E-state index in [2.05, 4.69) is 0 Å². The number of carboxylic acids is 1. The molecule has 0 radical (unpaired) electrons. The molecule has 1 N–H and O–H groups in total. The van der Waals surface area contributed by atoms with Crippen LogP contribution in [0.4, 0.5) is 0 Å². The summed E-state index contributed by atoms with van der Waals surface area (Å²) in [7, 11) is 0. The van der Waals surface area contributed by atoms with Crippen LogP contribution in [0.3, 0.4) is 0 Å². The van der Waals surface area contributed by atoms with Crippen molar-refractivity contribution in [2.75, 3.05) is 19.8 Å². The minimum atomic E-state index is -0.956. The maximum atomic E-state index is 12.3. The second-order valence-electron chi connectivity index (χ2n) is 5.11. The van der Waals surface area contributed by atoms with Gasteiger partial charge >= 0.3 is 5.97 Å². The number of carbonyl (C=O) groups excluding carboxylic acids is 1. The van der Waals surface area contributed by atoms with Crippen molar-refractivity contribution in [3.05, 3.63) is 24.3 Å². The topological polar surface area (TPSA) is 76.1 Å². The summed E-state index contributed by atoms with van der Waals surface area (Å²) < 4.78 is 11.0. The van der Waals surface area contributed by atoms with Crippen molar-refractivity contribution in [1.29, 1.82) is 0 Å². The fourth-order valence-corrected chi connectivity index (χ4v) is 2.55. The van der Waals surface area contributed by atoms with E-state index in [-0.39, 0.29) is 12.5 Å². The molecule has 120 valence electrons. The third-order valence-electron chi connectivity index (χ3n) is 3.61. The molecule has 22 heavy (non-hydrogen) atoms. The lowest BCUT2D eigenvalue weighted by molar-refractivity contribution is -0.152. The number of rotatable bonds is 6. The molecule has 1 aliphatic rings. The minimum absolute atomic E-state index is 0.187. The van der Waals surface area contributed by atoms with Crippen molar-refractivity contribution in [2.45, 2.75) is 32.2 Å². The van der Waals surface area contributed by atoms with Crippen molar-refractivity contribution in [2.24, 2.45) is 0 Å². The fourth-order valence-electron chi connectivity index (χ4n) is 2.55. The summed E-state index contributed by atoms with van der Waals surface area (Å²) in [6.45, 7) is 2.65. The van der Waals surface area contributed by atoms with E-state index in [1.165, 1.54) is 4.90 Å². The van der Waals surface area contributed by atoms with Gasteiger partial charge in [-0.2, -0.15) is 0 Å². The molecule has 0 spiro atoms. The molecule has 0 unspecified atom stereocenters. The standard InChI is InChI=1S/C16H21NO5/c1-2-21-13-8-3-4-9-14(13)22-11-15(18)17-10-6-5-7-12(17)16(19)20/h3-4,8-9,12H,2,5-7,10-11H2,1H3,(H,19,20)/t12-/m0/s1. The number of aliphatic carboxylic acids is 1. The number of likely N-dealkylation sites (tertiary alicyclic amines) is 1. The monoisotopic (exact) mass is 307 g/mol. The highest BCUT2D eigenvalue weighted by molar-refractivity contribution is 5.84. The van der Waals surface area contributed by atoms with Gasteiger partial charge in [-0.05, 0) is 38.3 Å². The molecule has 0 saturated carbocycles. The second kappa shape index (κ2) is 7.68. The maximum Gasteiger partial charge on any atom is 0.326 e. The number of ether oxygens (including phenoxy) is 2. The largest absolute Gasteiger partial charge is 0.490 e. The van der Waals surface area contributed by atoms with Crippen molar-refractivity contribution in [3.8, 4) is 11.5 Å². The molecule has 1 atom stereocenters. The molecule has 1 aliphatic heterocycles.